The summed E-state index contributed by atoms with van der Waals surface area (Å²) in [7, 11) is 0. The third-order valence-corrected chi connectivity index (χ3v) is 3.86. The molecule has 0 atom stereocenters. The fraction of sp³-hybridized carbons (Fsp3) is 0.167. The summed E-state index contributed by atoms with van der Waals surface area (Å²) in [4.78, 5) is 0. The number of ether oxygens (including phenoxy) is 1. The molecule has 0 radical (unpaired) electrons. The first kappa shape index (κ1) is 15.6. The number of furan rings is 1. The molecule has 3 nitrogen and oxygen atoms in total. The Kier molecular flexibility index (Phi) is 5.29. The Balaban J connectivity index is 2.23. The third kappa shape index (κ3) is 3.86. The minimum atomic E-state index is -2.93. The van der Waals surface area contributed by atoms with Gasteiger partial charge in [0, 0.05) is 5.02 Å². The highest BCUT2D eigenvalue weighted by molar-refractivity contribution is 9.10. The summed E-state index contributed by atoms with van der Waals surface area (Å²) in [6.45, 7) is -2.64. The van der Waals surface area contributed by atoms with Crippen LogP contribution < -0.4 is 10.1 Å². The van der Waals surface area contributed by atoms with E-state index in [4.69, 9.17) is 16.0 Å². The zero-order valence-corrected chi connectivity index (χ0v) is 13.7. The molecule has 108 valence electrons. The van der Waals surface area contributed by atoms with Gasteiger partial charge in [0.2, 0.25) is 0 Å². The van der Waals surface area contributed by atoms with Crippen LogP contribution >= 0.6 is 43.5 Å². The van der Waals surface area contributed by atoms with E-state index in [0.717, 1.165) is 4.47 Å². The van der Waals surface area contributed by atoms with Crippen LogP contribution in [-0.4, -0.2) is 6.61 Å². The smallest absolute Gasteiger partial charge is 0.387 e. The van der Waals surface area contributed by atoms with Gasteiger partial charge in [0.1, 0.15) is 5.76 Å². The van der Waals surface area contributed by atoms with Crippen molar-refractivity contribution in [1.29, 1.82) is 0 Å². The summed E-state index contributed by atoms with van der Waals surface area (Å²) in [6.07, 6.45) is 1.52. The lowest BCUT2D eigenvalue weighted by molar-refractivity contribution is -0.0498. The lowest BCUT2D eigenvalue weighted by Gasteiger charge is -2.14. The quantitative estimate of drug-likeness (QED) is 0.662. The van der Waals surface area contributed by atoms with Gasteiger partial charge in [-0.2, -0.15) is 8.78 Å². The van der Waals surface area contributed by atoms with Crippen LogP contribution in [0.15, 0.2) is 37.8 Å². The maximum atomic E-state index is 12.4. The largest absolute Gasteiger partial charge is 0.466 e. The lowest BCUT2D eigenvalue weighted by atomic mass is 10.3. The van der Waals surface area contributed by atoms with Crippen LogP contribution in [0.4, 0.5) is 14.5 Å². The van der Waals surface area contributed by atoms with Crippen LogP contribution in [-0.2, 0) is 6.54 Å². The average molecular weight is 431 g/mol. The number of nitrogens with one attached hydrogen (secondary N) is 1. The lowest BCUT2D eigenvalue weighted by Crippen LogP contribution is -2.07. The molecule has 20 heavy (non-hydrogen) atoms. The van der Waals surface area contributed by atoms with Gasteiger partial charge in [0.05, 0.1) is 27.4 Å². The van der Waals surface area contributed by atoms with Crippen LogP contribution in [0.2, 0.25) is 5.02 Å². The molecule has 0 spiro atoms. The van der Waals surface area contributed by atoms with Crippen molar-refractivity contribution in [3.8, 4) is 5.75 Å². The Morgan fingerprint density at radius 2 is 2.05 bits per heavy atom. The normalized spacial score (nSPS) is 10.9. The van der Waals surface area contributed by atoms with Gasteiger partial charge in [0.15, 0.2) is 5.75 Å². The minimum Gasteiger partial charge on any atom is -0.466 e. The molecule has 0 saturated heterocycles. The molecular weight excluding hydrogens is 423 g/mol. The summed E-state index contributed by atoms with van der Waals surface area (Å²) >= 11 is 12.4. The van der Waals surface area contributed by atoms with Crippen molar-refractivity contribution in [3.63, 3.8) is 0 Å². The molecule has 1 aromatic heterocycles. The van der Waals surface area contributed by atoms with E-state index in [9.17, 15) is 8.78 Å². The van der Waals surface area contributed by atoms with E-state index in [2.05, 4.69) is 41.9 Å². The van der Waals surface area contributed by atoms with Crippen molar-refractivity contribution in [1.82, 2.24) is 0 Å². The van der Waals surface area contributed by atoms with E-state index in [1.165, 1.54) is 18.4 Å². The minimum absolute atomic E-state index is 0.00733. The van der Waals surface area contributed by atoms with Gasteiger partial charge in [-0.1, -0.05) is 11.6 Å². The van der Waals surface area contributed by atoms with Gasteiger partial charge in [0.25, 0.3) is 0 Å². The number of hydrogen-bond acceptors (Lipinski definition) is 3. The number of alkyl halides is 2. The molecule has 1 heterocycles. The fourth-order valence-corrected chi connectivity index (χ4v) is 2.77. The summed E-state index contributed by atoms with van der Waals surface area (Å²) in [5.74, 6) is 0.621. The van der Waals surface area contributed by atoms with E-state index in [0.29, 0.717) is 27.5 Å². The Labute approximate surface area is 135 Å². The first-order valence-corrected chi connectivity index (χ1v) is 7.33. The Hall–Kier alpha value is -0.790. The zero-order valence-electron chi connectivity index (χ0n) is 9.80. The van der Waals surface area contributed by atoms with E-state index in [1.54, 1.807) is 6.07 Å². The molecule has 0 unspecified atom stereocenters. The first-order valence-electron chi connectivity index (χ1n) is 5.37. The SMILES string of the molecule is FC(F)Oc1c(Br)cc(Cl)cc1NCc1occc1Br. The summed E-state index contributed by atoms with van der Waals surface area (Å²) in [6, 6.07) is 4.72. The molecule has 0 aliphatic carbocycles. The highest BCUT2D eigenvalue weighted by Gasteiger charge is 2.15. The van der Waals surface area contributed by atoms with E-state index in [1.807, 2.05) is 0 Å². The van der Waals surface area contributed by atoms with Crippen LogP contribution in [0.25, 0.3) is 0 Å². The van der Waals surface area contributed by atoms with Gasteiger partial charge in [-0.25, -0.2) is 0 Å². The molecule has 1 aromatic carbocycles. The Morgan fingerprint density at radius 3 is 2.65 bits per heavy atom. The third-order valence-electron chi connectivity index (χ3n) is 2.35. The Morgan fingerprint density at radius 1 is 1.30 bits per heavy atom. The van der Waals surface area contributed by atoms with Crippen LogP contribution in [0.1, 0.15) is 5.76 Å². The second kappa shape index (κ2) is 6.78. The molecular formula is C12H8Br2ClF2NO2. The molecule has 0 amide bonds. The molecule has 0 bridgehead atoms. The number of hydrogen-bond donors (Lipinski definition) is 1. The standard InChI is InChI=1S/C12H8Br2ClF2NO2/c13-7-1-2-19-10(7)5-18-9-4-6(15)3-8(14)11(9)20-12(16)17/h1-4,12,18H,5H2. The topological polar surface area (TPSA) is 34.4 Å². The first-order chi connectivity index (χ1) is 9.47. The molecule has 0 aliphatic rings. The molecule has 0 fully saturated rings. The second-order valence-electron chi connectivity index (χ2n) is 3.69. The summed E-state index contributed by atoms with van der Waals surface area (Å²) < 4.78 is 35.7. The van der Waals surface area contributed by atoms with E-state index < -0.39 is 6.61 Å². The van der Waals surface area contributed by atoms with Gasteiger partial charge in [-0.15, -0.1) is 0 Å². The van der Waals surface area contributed by atoms with Crippen molar-refractivity contribution in [2.24, 2.45) is 0 Å². The zero-order chi connectivity index (χ0) is 14.7. The van der Waals surface area contributed by atoms with Gasteiger partial charge >= 0.3 is 6.61 Å². The Bertz CT molecular complexity index is 607. The van der Waals surface area contributed by atoms with E-state index in [-0.39, 0.29) is 5.75 Å². The van der Waals surface area contributed by atoms with Gasteiger partial charge in [-0.05, 0) is 50.1 Å². The van der Waals surface area contributed by atoms with Crippen molar-refractivity contribution < 1.29 is 17.9 Å². The van der Waals surface area contributed by atoms with Crippen molar-refractivity contribution in [3.05, 3.63) is 44.2 Å². The number of anilines is 1. The van der Waals surface area contributed by atoms with Crippen molar-refractivity contribution in [2.75, 3.05) is 5.32 Å². The van der Waals surface area contributed by atoms with Gasteiger partial charge in [-0.3, -0.25) is 0 Å². The van der Waals surface area contributed by atoms with E-state index >= 15 is 0 Å². The summed E-state index contributed by atoms with van der Waals surface area (Å²) in [5, 5.41) is 3.34. The average Bonchev–Trinajstić information content (AvgIpc) is 2.76. The highest BCUT2D eigenvalue weighted by atomic mass is 79.9. The van der Waals surface area contributed by atoms with Crippen LogP contribution in [0.5, 0.6) is 5.75 Å². The number of benzene rings is 1. The molecule has 8 heteroatoms. The summed E-state index contributed by atoms with van der Waals surface area (Å²) in [5.41, 5.74) is 0.341. The predicted molar refractivity (Wildman–Crippen MR) is 79.5 cm³/mol. The monoisotopic (exact) mass is 429 g/mol. The molecule has 0 aliphatic heterocycles. The molecule has 2 aromatic rings. The number of halogens is 5. The maximum absolute atomic E-state index is 12.4. The highest BCUT2D eigenvalue weighted by Crippen LogP contribution is 2.38. The molecule has 0 saturated carbocycles. The predicted octanol–water partition coefficient (Wildman–Crippen LogP) is 5.67. The maximum Gasteiger partial charge on any atom is 0.387 e. The van der Waals surface area contributed by atoms with Crippen molar-refractivity contribution in [2.45, 2.75) is 13.2 Å². The van der Waals surface area contributed by atoms with Crippen LogP contribution in [0, 0.1) is 0 Å². The van der Waals surface area contributed by atoms with Crippen LogP contribution in [0.3, 0.4) is 0 Å². The molecule has 2 rings (SSSR count). The fourth-order valence-electron chi connectivity index (χ4n) is 1.53. The second-order valence-corrected chi connectivity index (χ2v) is 5.83. The van der Waals surface area contributed by atoms with Crippen molar-refractivity contribution >= 4 is 49.1 Å². The number of rotatable bonds is 5. The van der Waals surface area contributed by atoms with Gasteiger partial charge < -0.3 is 14.5 Å². The molecule has 1 N–H and O–H groups in total.